The number of nitrogens with one attached hydrogen (secondary N) is 1. The third-order valence-electron chi connectivity index (χ3n) is 12.5. The number of aliphatic hydroxyl groups excluding tert-OH is 7. The van der Waals surface area contributed by atoms with E-state index in [1.165, 1.54) is 109 Å². The van der Waals surface area contributed by atoms with Gasteiger partial charge in [-0.1, -0.05) is 184 Å². The molecule has 1 heterocycles. The number of hydrogen-bond acceptors (Lipinski definition) is 10. The second-order valence-corrected chi connectivity index (χ2v) is 18.5. The molecule has 1 aliphatic rings. The Hall–Kier alpha value is -2.19. The molecule has 11 nitrogen and oxygen atoms in total. The number of hydrogen-bond donors (Lipinski definition) is 8. The van der Waals surface area contributed by atoms with Crippen molar-refractivity contribution in [3.8, 4) is 0 Å². The van der Waals surface area contributed by atoms with Crippen molar-refractivity contribution < 1.29 is 50.0 Å². The SMILES string of the molecule is CC/C=C\C/C=C\CCCCCCCCCCCCCCCC(O)C(=O)NC(COC1OC(CO)C(O)C(O)C1O)C(O)C(O)CCC/C=C/CC/C=C/CC/C=C/CCCCCCCC. The first kappa shape index (κ1) is 61.8. The fourth-order valence-electron chi connectivity index (χ4n) is 8.16. The van der Waals surface area contributed by atoms with Crippen LogP contribution in [0, 0.1) is 0 Å². The molecule has 384 valence electrons. The van der Waals surface area contributed by atoms with E-state index in [4.69, 9.17) is 9.47 Å². The number of ether oxygens (including phenoxy) is 2. The number of unbranched alkanes of at least 4 members (excludes halogenated alkanes) is 22. The van der Waals surface area contributed by atoms with Gasteiger partial charge >= 0.3 is 0 Å². The Balaban J connectivity index is 2.40. The van der Waals surface area contributed by atoms with Crippen LogP contribution in [0.3, 0.4) is 0 Å². The molecule has 0 bridgehead atoms. The lowest BCUT2D eigenvalue weighted by atomic mass is 9.98. The first-order valence-corrected chi connectivity index (χ1v) is 26.7. The van der Waals surface area contributed by atoms with E-state index >= 15 is 0 Å². The van der Waals surface area contributed by atoms with Crippen molar-refractivity contribution >= 4 is 5.91 Å². The highest BCUT2D eigenvalue weighted by Crippen LogP contribution is 2.23. The standard InChI is InChI=1S/C55H99NO10/c1-3-5-7-9-11-13-15-17-19-21-23-25-27-29-31-33-35-37-39-41-43-48(59)54(64)56-46(45-65-55-53(63)52(62)51(61)49(44-57)66-55)50(60)47(58)42-40-38-36-34-32-30-28-26-24-22-20-18-16-14-12-10-8-6-4-2/h5,7,11,13,18,20,26,28,34,36,46-53,55,57-63H,3-4,6,8-10,12,14-17,19,21-25,27,29-33,35,37-45H2,1-2H3,(H,56,64)/b7-5-,13-11-,20-18+,28-26+,36-34+. The summed E-state index contributed by atoms with van der Waals surface area (Å²) < 4.78 is 11.1. The minimum absolute atomic E-state index is 0.239. The van der Waals surface area contributed by atoms with Crippen molar-refractivity contribution in [1.82, 2.24) is 5.32 Å². The highest BCUT2D eigenvalue weighted by Gasteiger charge is 2.44. The molecule has 1 saturated heterocycles. The lowest BCUT2D eigenvalue weighted by Crippen LogP contribution is -2.60. The first-order valence-electron chi connectivity index (χ1n) is 26.7. The van der Waals surface area contributed by atoms with E-state index in [0.29, 0.717) is 19.3 Å². The zero-order valence-corrected chi connectivity index (χ0v) is 41.7. The molecule has 0 saturated carbocycles. The third kappa shape index (κ3) is 32.5. The van der Waals surface area contributed by atoms with Crippen molar-refractivity contribution in [1.29, 1.82) is 0 Å². The third-order valence-corrected chi connectivity index (χ3v) is 12.5. The maximum atomic E-state index is 13.1. The quantitative estimate of drug-likeness (QED) is 0.0216. The molecule has 1 aliphatic heterocycles. The predicted octanol–water partition coefficient (Wildman–Crippen LogP) is 10.3. The molecule has 0 aromatic heterocycles. The van der Waals surface area contributed by atoms with Gasteiger partial charge in [-0.05, 0) is 89.9 Å². The Morgan fingerprint density at radius 1 is 0.545 bits per heavy atom. The largest absolute Gasteiger partial charge is 0.394 e. The van der Waals surface area contributed by atoms with Gasteiger partial charge in [-0.3, -0.25) is 4.79 Å². The molecule has 11 heteroatoms. The summed E-state index contributed by atoms with van der Waals surface area (Å²) in [6.45, 7) is 3.32. The molecule has 66 heavy (non-hydrogen) atoms. The van der Waals surface area contributed by atoms with Crippen molar-refractivity contribution in [2.45, 2.75) is 268 Å². The molecule has 0 aromatic carbocycles. The summed E-state index contributed by atoms with van der Waals surface area (Å²) in [6.07, 6.45) is 44.1. The Bertz CT molecular complexity index is 1250. The Morgan fingerprint density at radius 3 is 1.52 bits per heavy atom. The molecule has 1 amide bonds. The number of rotatable bonds is 44. The number of carbonyl (C=O) groups is 1. The van der Waals surface area contributed by atoms with Gasteiger partial charge in [0.15, 0.2) is 6.29 Å². The van der Waals surface area contributed by atoms with Crippen LogP contribution in [-0.2, 0) is 14.3 Å². The number of aliphatic hydroxyl groups is 7. The van der Waals surface area contributed by atoms with E-state index in [2.05, 4.69) is 79.9 Å². The lowest BCUT2D eigenvalue weighted by molar-refractivity contribution is -0.303. The predicted molar refractivity (Wildman–Crippen MR) is 270 cm³/mol. The molecule has 0 aromatic rings. The van der Waals surface area contributed by atoms with Crippen LogP contribution in [0.25, 0.3) is 0 Å². The Morgan fingerprint density at radius 2 is 1.00 bits per heavy atom. The van der Waals surface area contributed by atoms with Crippen LogP contribution in [0.1, 0.15) is 213 Å². The average Bonchev–Trinajstić information content (AvgIpc) is 3.32. The molecule has 0 spiro atoms. The molecule has 9 atom stereocenters. The monoisotopic (exact) mass is 934 g/mol. The Labute approximate surface area is 401 Å². The van der Waals surface area contributed by atoms with E-state index in [9.17, 15) is 40.5 Å². The second kappa shape index (κ2) is 44.0. The maximum Gasteiger partial charge on any atom is 0.249 e. The zero-order valence-electron chi connectivity index (χ0n) is 41.7. The summed E-state index contributed by atoms with van der Waals surface area (Å²) >= 11 is 0. The van der Waals surface area contributed by atoms with E-state index in [-0.39, 0.29) is 12.8 Å². The molecule has 8 N–H and O–H groups in total. The van der Waals surface area contributed by atoms with Gasteiger partial charge in [-0.2, -0.15) is 0 Å². The van der Waals surface area contributed by atoms with Crippen LogP contribution < -0.4 is 5.32 Å². The summed E-state index contributed by atoms with van der Waals surface area (Å²) in [5, 5.41) is 75.9. The van der Waals surface area contributed by atoms with Gasteiger partial charge in [0, 0.05) is 0 Å². The van der Waals surface area contributed by atoms with Crippen LogP contribution in [-0.4, -0.2) is 110 Å². The molecule has 0 aliphatic carbocycles. The van der Waals surface area contributed by atoms with Crippen LogP contribution in [0.4, 0.5) is 0 Å². The zero-order chi connectivity index (χ0) is 48.3. The van der Waals surface area contributed by atoms with E-state index < -0.39 is 74.2 Å². The molecule has 1 rings (SSSR count). The highest BCUT2D eigenvalue weighted by atomic mass is 16.7. The fraction of sp³-hybridized carbons (Fsp3) is 0.800. The molecular formula is C55H99NO10. The molecule has 0 radical (unpaired) electrons. The van der Waals surface area contributed by atoms with Crippen LogP contribution in [0.2, 0.25) is 0 Å². The summed E-state index contributed by atoms with van der Waals surface area (Å²) in [5.41, 5.74) is 0. The van der Waals surface area contributed by atoms with Gasteiger partial charge < -0.3 is 50.5 Å². The summed E-state index contributed by atoms with van der Waals surface area (Å²) in [7, 11) is 0. The van der Waals surface area contributed by atoms with Crippen molar-refractivity contribution in [2.75, 3.05) is 13.2 Å². The molecule has 1 fully saturated rings. The van der Waals surface area contributed by atoms with E-state index in [1.807, 2.05) is 0 Å². The minimum Gasteiger partial charge on any atom is -0.394 e. The average molecular weight is 934 g/mol. The van der Waals surface area contributed by atoms with Gasteiger partial charge in [0.2, 0.25) is 5.91 Å². The van der Waals surface area contributed by atoms with Gasteiger partial charge in [0.1, 0.15) is 36.6 Å². The smallest absolute Gasteiger partial charge is 0.249 e. The maximum absolute atomic E-state index is 13.1. The van der Waals surface area contributed by atoms with Gasteiger partial charge in [-0.15, -0.1) is 0 Å². The second-order valence-electron chi connectivity index (χ2n) is 18.5. The summed E-state index contributed by atoms with van der Waals surface area (Å²) in [6, 6.07) is -1.20. The highest BCUT2D eigenvalue weighted by molar-refractivity contribution is 5.80. The molecule has 9 unspecified atom stereocenters. The minimum atomic E-state index is -1.67. The summed E-state index contributed by atoms with van der Waals surface area (Å²) in [5.74, 6) is -0.715. The van der Waals surface area contributed by atoms with E-state index in [0.717, 1.165) is 57.8 Å². The number of amides is 1. The van der Waals surface area contributed by atoms with Crippen LogP contribution in [0.5, 0.6) is 0 Å². The normalized spacial score (nSPS) is 21.3. The molecular weight excluding hydrogens is 835 g/mol. The fourth-order valence-corrected chi connectivity index (χ4v) is 8.16. The first-order chi connectivity index (χ1) is 32.2. The van der Waals surface area contributed by atoms with Gasteiger partial charge in [0.25, 0.3) is 0 Å². The number of allylic oxidation sites excluding steroid dienone is 10. The topological polar surface area (TPSA) is 189 Å². The lowest BCUT2D eigenvalue weighted by Gasteiger charge is -2.40. The number of carbonyl (C=O) groups excluding carboxylic acids is 1. The summed E-state index contributed by atoms with van der Waals surface area (Å²) in [4.78, 5) is 13.1. The van der Waals surface area contributed by atoms with E-state index in [1.54, 1.807) is 0 Å². The van der Waals surface area contributed by atoms with Crippen molar-refractivity contribution in [3.63, 3.8) is 0 Å². The van der Waals surface area contributed by atoms with Crippen molar-refractivity contribution in [3.05, 3.63) is 60.8 Å². The van der Waals surface area contributed by atoms with Crippen LogP contribution >= 0.6 is 0 Å². The van der Waals surface area contributed by atoms with Gasteiger partial charge in [-0.25, -0.2) is 0 Å². The van der Waals surface area contributed by atoms with Gasteiger partial charge in [0.05, 0.1) is 25.4 Å². The Kier molecular flexibility index (Phi) is 41.3. The van der Waals surface area contributed by atoms with Crippen molar-refractivity contribution in [2.24, 2.45) is 0 Å². The van der Waals surface area contributed by atoms with Crippen LogP contribution in [0.15, 0.2) is 60.8 Å².